The standard InChI is InChI=1S/C54H104O6/c1-6-7-8-9-10-11-12-13-14-15-16-17-18-19-24-31-36-41-46-54(57)60-51(48-59-53(56)45-40-35-30-26-25-28-33-38-43-50(4)5)47-58-52(55)44-39-34-29-23-21-20-22-27-32-37-42-49(2)3/h49-51H,6-48H2,1-5H3/t51-/m0/s1. The lowest BCUT2D eigenvalue weighted by atomic mass is 10.0. The predicted molar refractivity (Wildman–Crippen MR) is 256 cm³/mol. The summed E-state index contributed by atoms with van der Waals surface area (Å²) in [6.07, 6.45) is 48.1. The zero-order chi connectivity index (χ0) is 44.0. The number of hydrogen-bond acceptors (Lipinski definition) is 6. The van der Waals surface area contributed by atoms with E-state index in [1.165, 1.54) is 186 Å². The molecule has 0 aliphatic carbocycles. The molecule has 0 aliphatic rings. The Kier molecular flexibility index (Phi) is 45.7. The van der Waals surface area contributed by atoms with E-state index >= 15 is 0 Å². The highest BCUT2D eigenvalue weighted by Crippen LogP contribution is 2.17. The first-order valence-corrected chi connectivity index (χ1v) is 26.7. The van der Waals surface area contributed by atoms with Crippen LogP contribution >= 0.6 is 0 Å². The molecule has 0 aliphatic heterocycles. The molecule has 0 N–H and O–H groups in total. The summed E-state index contributed by atoms with van der Waals surface area (Å²) >= 11 is 0. The minimum atomic E-state index is -0.762. The molecule has 0 aromatic carbocycles. The van der Waals surface area contributed by atoms with Crippen molar-refractivity contribution in [2.24, 2.45) is 11.8 Å². The summed E-state index contributed by atoms with van der Waals surface area (Å²) in [6.45, 7) is 11.3. The smallest absolute Gasteiger partial charge is 0.306 e. The van der Waals surface area contributed by atoms with Crippen LogP contribution in [0.4, 0.5) is 0 Å². The van der Waals surface area contributed by atoms with Crippen LogP contribution in [0.2, 0.25) is 0 Å². The van der Waals surface area contributed by atoms with Crippen LogP contribution in [0.15, 0.2) is 0 Å². The Morgan fingerprint density at radius 3 is 0.817 bits per heavy atom. The highest BCUT2D eigenvalue weighted by Gasteiger charge is 2.19. The highest BCUT2D eigenvalue weighted by atomic mass is 16.6. The summed E-state index contributed by atoms with van der Waals surface area (Å²) in [5.41, 5.74) is 0. The molecule has 0 unspecified atom stereocenters. The molecule has 0 rings (SSSR count). The van der Waals surface area contributed by atoms with Crippen LogP contribution in [0.25, 0.3) is 0 Å². The molecule has 1 atom stereocenters. The largest absolute Gasteiger partial charge is 0.462 e. The first-order valence-electron chi connectivity index (χ1n) is 26.7. The van der Waals surface area contributed by atoms with E-state index in [0.29, 0.717) is 19.3 Å². The fraction of sp³-hybridized carbons (Fsp3) is 0.944. The molecule has 356 valence electrons. The Balaban J connectivity index is 4.28. The molecule has 0 saturated carbocycles. The van der Waals surface area contributed by atoms with Crippen molar-refractivity contribution in [2.75, 3.05) is 13.2 Å². The molecule has 6 heteroatoms. The number of unbranched alkanes of at least 4 members (excludes halogenated alkanes) is 33. The number of hydrogen-bond donors (Lipinski definition) is 0. The third-order valence-electron chi connectivity index (χ3n) is 12.2. The van der Waals surface area contributed by atoms with Gasteiger partial charge in [0, 0.05) is 19.3 Å². The maximum Gasteiger partial charge on any atom is 0.306 e. The molecule has 0 amide bonds. The molecule has 6 nitrogen and oxygen atoms in total. The molecule has 0 heterocycles. The number of carbonyl (C=O) groups is 3. The number of carbonyl (C=O) groups excluding carboxylic acids is 3. The fourth-order valence-electron chi connectivity index (χ4n) is 8.17. The Morgan fingerprint density at radius 1 is 0.317 bits per heavy atom. The number of esters is 3. The van der Waals surface area contributed by atoms with Gasteiger partial charge in [0.05, 0.1) is 0 Å². The molecule has 0 aromatic rings. The lowest BCUT2D eigenvalue weighted by molar-refractivity contribution is -0.167. The van der Waals surface area contributed by atoms with Crippen LogP contribution < -0.4 is 0 Å². The first kappa shape index (κ1) is 58.4. The van der Waals surface area contributed by atoms with Gasteiger partial charge in [-0.1, -0.05) is 259 Å². The molecule has 0 radical (unpaired) electrons. The molecule has 60 heavy (non-hydrogen) atoms. The summed E-state index contributed by atoms with van der Waals surface area (Å²) < 4.78 is 16.8. The Hall–Kier alpha value is -1.59. The normalized spacial score (nSPS) is 12.1. The van der Waals surface area contributed by atoms with Crippen molar-refractivity contribution in [1.82, 2.24) is 0 Å². The summed E-state index contributed by atoms with van der Waals surface area (Å²) in [5.74, 6) is 0.766. The van der Waals surface area contributed by atoms with E-state index in [9.17, 15) is 14.4 Å². The monoisotopic (exact) mass is 849 g/mol. The van der Waals surface area contributed by atoms with Crippen LogP contribution in [-0.2, 0) is 28.6 Å². The second kappa shape index (κ2) is 46.9. The van der Waals surface area contributed by atoms with Crippen molar-refractivity contribution in [3.8, 4) is 0 Å². The maximum absolute atomic E-state index is 12.8. The average molecular weight is 849 g/mol. The Bertz CT molecular complexity index is 916. The van der Waals surface area contributed by atoms with Crippen molar-refractivity contribution in [3.63, 3.8) is 0 Å². The van der Waals surface area contributed by atoms with Gasteiger partial charge >= 0.3 is 17.9 Å². The van der Waals surface area contributed by atoms with Crippen LogP contribution in [0.5, 0.6) is 0 Å². The molecular weight excluding hydrogens is 745 g/mol. The van der Waals surface area contributed by atoms with Gasteiger partial charge in [-0.2, -0.15) is 0 Å². The predicted octanol–water partition coefficient (Wildman–Crippen LogP) is 17.3. The second-order valence-electron chi connectivity index (χ2n) is 19.5. The molecule has 0 bridgehead atoms. The van der Waals surface area contributed by atoms with Gasteiger partial charge in [0.1, 0.15) is 13.2 Å². The van der Waals surface area contributed by atoms with Gasteiger partial charge in [0.2, 0.25) is 0 Å². The van der Waals surface area contributed by atoms with Gasteiger partial charge < -0.3 is 14.2 Å². The van der Waals surface area contributed by atoms with E-state index in [-0.39, 0.29) is 31.1 Å². The van der Waals surface area contributed by atoms with Crippen molar-refractivity contribution >= 4 is 17.9 Å². The van der Waals surface area contributed by atoms with Crippen molar-refractivity contribution < 1.29 is 28.6 Å². The van der Waals surface area contributed by atoms with E-state index in [1.54, 1.807) is 0 Å². The summed E-state index contributed by atoms with van der Waals surface area (Å²) in [7, 11) is 0. The molecular formula is C54H104O6. The topological polar surface area (TPSA) is 78.9 Å². The highest BCUT2D eigenvalue weighted by molar-refractivity contribution is 5.71. The van der Waals surface area contributed by atoms with E-state index in [0.717, 1.165) is 69.6 Å². The van der Waals surface area contributed by atoms with Crippen molar-refractivity contribution in [1.29, 1.82) is 0 Å². The van der Waals surface area contributed by atoms with Crippen LogP contribution in [-0.4, -0.2) is 37.2 Å². The van der Waals surface area contributed by atoms with E-state index in [2.05, 4.69) is 34.6 Å². The average Bonchev–Trinajstić information content (AvgIpc) is 3.22. The van der Waals surface area contributed by atoms with Crippen LogP contribution in [0, 0.1) is 11.8 Å². The fourth-order valence-corrected chi connectivity index (χ4v) is 8.17. The van der Waals surface area contributed by atoms with Gasteiger partial charge in [0.15, 0.2) is 6.10 Å². The summed E-state index contributed by atoms with van der Waals surface area (Å²) in [4.78, 5) is 38.0. The molecule has 0 spiro atoms. The van der Waals surface area contributed by atoms with Crippen LogP contribution in [0.3, 0.4) is 0 Å². The zero-order valence-corrected chi connectivity index (χ0v) is 41.1. The van der Waals surface area contributed by atoms with Gasteiger partial charge in [-0.15, -0.1) is 0 Å². The minimum absolute atomic E-state index is 0.0642. The van der Waals surface area contributed by atoms with E-state index in [1.807, 2.05) is 0 Å². The zero-order valence-electron chi connectivity index (χ0n) is 41.1. The minimum Gasteiger partial charge on any atom is -0.462 e. The first-order chi connectivity index (χ1) is 29.2. The van der Waals surface area contributed by atoms with Crippen molar-refractivity contribution in [2.45, 2.75) is 304 Å². The number of ether oxygens (including phenoxy) is 3. The third-order valence-corrected chi connectivity index (χ3v) is 12.2. The number of rotatable bonds is 48. The maximum atomic E-state index is 12.8. The summed E-state index contributed by atoms with van der Waals surface area (Å²) in [5, 5.41) is 0. The second-order valence-corrected chi connectivity index (χ2v) is 19.5. The van der Waals surface area contributed by atoms with E-state index in [4.69, 9.17) is 14.2 Å². The van der Waals surface area contributed by atoms with Crippen molar-refractivity contribution in [3.05, 3.63) is 0 Å². The van der Waals surface area contributed by atoms with Gasteiger partial charge in [-0.25, -0.2) is 0 Å². The molecule has 0 saturated heterocycles. The third kappa shape index (κ3) is 47.5. The molecule has 0 aromatic heterocycles. The Morgan fingerprint density at radius 2 is 0.550 bits per heavy atom. The Labute approximate surface area is 374 Å². The SMILES string of the molecule is CCCCCCCCCCCCCCCCCCCCC(=O)O[C@@H](COC(=O)CCCCCCCCCCCCC(C)C)COC(=O)CCCCCCCCCCC(C)C. The lowest BCUT2D eigenvalue weighted by Crippen LogP contribution is -2.30. The van der Waals surface area contributed by atoms with Gasteiger partial charge in [0.25, 0.3) is 0 Å². The van der Waals surface area contributed by atoms with Crippen LogP contribution in [0.1, 0.15) is 298 Å². The van der Waals surface area contributed by atoms with Gasteiger partial charge in [-0.05, 0) is 31.1 Å². The quantitative estimate of drug-likeness (QED) is 0.0345. The molecule has 0 fully saturated rings. The van der Waals surface area contributed by atoms with E-state index < -0.39 is 6.10 Å². The lowest BCUT2D eigenvalue weighted by Gasteiger charge is -2.18. The summed E-state index contributed by atoms with van der Waals surface area (Å²) in [6, 6.07) is 0. The van der Waals surface area contributed by atoms with Gasteiger partial charge in [-0.3, -0.25) is 14.4 Å².